The van der Waals surface area contributed by atoms with Crippen LogP contribution in [0.15, 0.2) is 54.7 Å². The molecular weight excluding hydrogens is 350 g/mol. The SMILES string of the molecule is COc1ccc(-c2cnc(N3CCC(N)CC3)nc2-c2ccc(N)cc2)cc1. The number of ether oxygens (including phenoxy) is 1. The van der Waals surface area contributed by atoms with Crippen LogP contribution in [0.1, 0.15) is 12.8 Å². The highest BCUT2D eigenvalue weighted by atomic mass is 16.5. The molecule has 6 heteroatoms. The average Bonchev–Trinajstić information content (AvgIpc) is 2.74. The van der Waals surface area contributed by atoms with E-state index in [4.69, 9.17) is 21.2 Å². The van der Waals surface area contributed by atoms with E-state index in [1.807, 2.05) is 54.7 Å². The fourth-order valence-corrected chi connectivity index (χ4v) is 3.47. The Kier molecular flexibility index (Phi) is 5.12. The monoisotopic (exact) mass is 375 g/mol. The summed E-state index contributed by atoms with van der Waals surface area (Å²) in [5.74, 6) is 1.57. The van der Waals surface area contributed by atoms with Gasteiger partial charge < -0.3 is 21.1 Å². The molecule has 0 radical (unpaired) electrons. The predicted molar refractivity (Wildman–Crippen MR) is 113 cm³/mol. The van der Waals surface area contributed by atoms with Crippen molar-refractivity contribution in [2.45, 2.75) is 18.9 Å². The van der Waals surface area contributed by atoms with Crippen molar-refractivity contribution in [3.05, 3.63) is 54.7 Å². The summed E-state index contributed by atoms with van der Waals surface area (Å²) in [6.45, 7) is 1.76. The molecule has 28 heavy (non-hydrogen) atoms. The number of rotatable bonds is 4. The van der Waals surface area contributed by atoms with Gasteiger partial charge in [-0.15, -0.1) is 0 Å². The highest BCUT2D eigenvalue weighted by Crippen LogP contribution is 2.33. The van der Waals surface area contributed by atoms with Crippen LogP contribution < -0.4 is 21.1 Å². The molecule has 0 saturated carbocycles. The van der Waals surface area contributed by atoms with Crippen molar-refractivity contribution in [3.8, 4) is 28.1 Å². The first-order chi connectivity index (χ1) is 13.6. The number of methoxy groups -OCH3 is 1. The molecule has 1 aromatic heterocycles. The van der Waals surface area contributed by atoms with Crippen LogP contribution >= 0.6 is 0 Å². The second-order valence-electron chi connectivity index (χ2n) is 7.11. The van der Waals surface area contributed by atoms with Gasteiger partial charge in [0.15, 0.2) is 0 Å². The fraction of sp³-hybridized carbons (Fsp3) is 0.273. The number of anilines is 2. The lowest BCUT2D eigenvalue weighted by Crippen LogP contribution is -2.40. The second-order valence-corrected chi connectivity index (χ2v) is 7.11. The Morgan fingerprint density at radius 1 is 0.964 bits per heavy atom. The fourth-order valence-electron chi connectivity index (χ4n) is 3.47. The Labute approximate surface area is 165 Å². The minimum atomic E-state index is 0.270. The molecule has 2 aromatic carbocycles. The highest BCUT2D eigenvalue weighted by Gasteiger charge is 2.20. The summed E-state index contributed by atoms with van der Waals surface area (Å²) in [5.41, 5.74) is 16.6. The van der Waals surface area contributed by atoms with Gasteiger partial charge in [0.2, 0.25) is 5.95 Å². The molecule has 4 N–H and O–H groups in total. The van der Waals surface area contributed by atoms with Gasteiger partial charge in [0.05, 0.1) is 12.8 Å². The van der Waals surface area contributed by atoms with Gasteiger partial charge in [0.25, 0.3) is 0 Å². The second kappa shape index (κ2) is 7.86. The molecule has 1 aliphatic heterocycles. The van der Waals surface area contributed by atoms with Gasteiger partial charge >= 0.3 is 0 Å². The number of hydrogen-bond acceptors (Lipinski definition) is 6. The molecule has 144 valence electrons. The van der Waals surface area contributed by atoms with Crippen LogP contribution in [0.25, 0.3) is 22.4 Å². The van der Waals surface area contributed by atoms with E-state index in [0.29, 0.717) is 0 Å². The number of piperidine rings is 1. The molecule has 1 saturated heterocycles. The number of nitrogen functional groups attached to an aromatic ring is 1. The van der Waals surface area contributed by atoms with Crippen LogP contribution in [0, 0.1) is 0 Å². The molecule has 3 aromatic rings. The first-order valence-corrected chi connectivity index (χ1v) is 9.52. The number of aromatic nitrogens is 2. The molecule has 0 aliphatic carbocycles. The van der Waals surface area contributed by atoms with Crippen molar-refractivity contribution >= 4 is 11.6 Å². The van der Waals surface area contributed by atoms with Gasteiger partial charge in [-0.3, -0.25) is 0 Å². The minimum Gasteiger partial charge on any atom is -0.497 e. The molecule has 4 rings (SSSR count). The number of benzene rings is 2. The standard InChI is InChI=1S/C22H25N5O/c1-28-19-8-4-15(5-9-19)20-14-25-22(27-12-10-18(24)11-13-27)26-21(20)16-2-6-17(23)7-3-16/h2-9,14,18H,10-13,23-24H2,1H3. The first-order valence-electron chi connectivity index (χ1n) is 9.52. The van der Waals surface area contributed by atoms with Crippen LogP contribution in [-0.4, -0.2) is 36.2 Å². The topological polar surface area (TPSA) is 90.3 Å². The largest absolute Gasteiger partial charge is 0.497 e. The third-order valence-electron chi connectivity index (χ3n) is 5.18. The minimum absolute atomic E-state index is 0.270. The van der Waals surface area contributed by atoms with Gasteiger partial charge in [-0.2, -0.15) is 0 Å². The zero-order valence-corrected chi connectivity index (χ0v) is 16.0. The Morgan fingerprint density at radius 3 is 2.25 bits per heavy atom. The third-order valence-corrected chi connectivity index (χ3v) is 5.18. The van der Waals surface area contributed by atoms with E-state index in [2.05, 4.69) is 9.88 Å². The summed E-state index contributed by atoms with van der Waals surface area (Å²) in [6, 6.07) is 16.0. The Hall–Kier alpha value is -3.12. The van der Waals surface area contributed by atoms with Crippen molar-refractivity contribution in [3.63, 3.8) is 0 Å². The summed E-state index contributed by atoms with van der Waals surface area (Å²) in [5, 5.41) is 0. The van der Waals surface area contributed by atoms with Crippen molar-refractivity contribution in [2.75, 3.05) is 30.8 Å². The molecule has 0 spiro atoms. The van der Waals surface area contributed by atoms with Crippen LogP contribution in [-0.2, 0) is 0 Å². The average molecular weight is 375 g/mol. The van der Waals surface area contributed by atoms with Gasteiger partial charge in [-0.05, 0) is 42.7 Å². The van der Waals surface area contributed by atoms with E-state index in [0.717, 1.165) is 65.7 Å². The molecule has 0 atom stereocenters. The Morgan fingerprint density at radius 2 is 1.61 bits per heavy atom. The summed E-state index contributed by atoms with van der Waals surface area (Å²) < 4.78 is 5.28. The first kappa shape index (κ1) is 18.3. The highest BCUT2D eigenvalue weighted by molar-refractivity contribution is 5.81. The molecule has 0 unspecified atom stereocenters. The molecule has 0 bridgehead atoms. The summed E-state index contributed by atoms with van der Waals surface area (Å²) in [4.78, 5) is 11.8. The van der Waals surface area contributed by atoms with E-state index in [1.165, 1.54) is 0 Å². The molecular formula is C22H25N5O. The van der Waals surface area contributed by atoms with Crippen molar-refractivity contribution in [1.82, 2.24) is 9.97 Å². The van der Waals surface area contributed by atoms with E-state index in [9.17, 15) is 0 Å². The van der Waals surface area contributed by atoms with Crippen LogP contribution in [0.5, 0.6) is 5.75 Å². The van der Waals surface area contributed by atoms with Crippen molar-refractivity contribution in [1.29, 1.82) is 0 Å². The van der Waals surface area contributed by atoms with Crippen molar-refractivity contribution in [2.24, 2.45) is 5.73 Å². The zero-order valence-electron chi connectivity index (χ0n) is 16.0. The lowest BCUT2D eigenvalue weighted by molar-refractivity contribution is 0.415. The normalized spacial score (nSPS) is 14.9. The maximum Gasteiger partial charge on any atom is 0.225 e. The van der Waals surface area contributed by atoms with E-state index >= 15 is 0 Å². The third kappa shape index (κ3) is 3.77. The molecule has 1 aliphatic rings. The summed E-state index contributed by atoms with van der Waals surface area (Å²) in [6.07, 6.45) is 3.83. The zero-order chi connectivity index (χ0) is 19.5. The number of hydrogen-bond donors (Lipinski definition) is 2. The van der Waals surface area contributed by atoms with E-state index in [-0.39, 0.29) is 6.04 Å². The van der Waals surface area contributed by atoms with Crippen molar-refractivity contribution < 1.29 is 4.74 Å². The van der Waals surface area contributed by atoms with Gasteiger partial charge in [-0.1, -0.05) is 24.3 Å². The number of nitrogens with zero attached hydrogens (tertiary/aromatic N) is 3. The van der Waals surface area contributed by atoms with Crippen LogP contribution in [0.4, 0.5) is 11.6 Å². The Balaban J connectivity index is 1.77. The maximum absolute atomic E-state index is 6.04. The summed E-state index contributed by atoms with van der Waals surface area (Å²) in [7, 11) is 1.66. The molecule has 2 heterocycles. The molecule has 1 fully saturated rings. The van der Waals surface area contributed by atoms with E-state index < -0.39 is 0 Å². The summed E-state index contributed by atoms with van der Waals surface area (Å²) >= 11 is 0. The maximum atomic E-state index is 6.04. The molecule has 0 amide bonds. The predicted octanol–water partition coefficient (Wildman–Crippen LogP) is 3.33. The lowest BCUT2D eigenvalue weighted by atomic mass is 10.0. The van der Waals surface area contributed by atoms with E-state index in [1.54, 1.807) is 7.11 Å². The van der Waals surface area contributed by atoms with Crippen LogP contribution in [0.2, 0.25) is 0 Å². The number of nitrogens with two attached hydrogens (primary N) is 2. The van der Waals surface area contributed by atoms with Gasteiger partial charge in [-0.25, -0.2) is 9.97 Å². The van der Waals surface area contributed by atoms with Crippen LogP contribution in [0.3, 0.4) is 0 Å². The Bertz CT molecular complexity index is 932. The van der Waals surface area contributed by atoms with Gasteiger partial charge in [0.1, 0.15) is 5.75 Å². The molecule has 6 nitrogen and oxygen atoms in total. The quantitative estimate of drug-likeness (QED) is 0.680. The smallest absolute Gasteiger partial charge is 0.225 e. The lowest BCUT2D eigenvalue weighted by Gasteiger charge is -2.30. The van der Waals surface area contributed by atoms with Gasteiger partial charge in [0, 0.05) is 42.1 Å².